The molecule has 2 aromatic rings. The standard InChI is InChI=1S/C16H19FN2/c1-11-7-8-15(12(2)9-11)19(3)10-13-5-4-6-14(18)16(13)17/h4-9H,10,18H2,1-3H3. The van der Waals surface area contributed by atoms with E-state index in [-0.39, 0.29) is 11.5 Å². The Hall–Kier alpha value is -2.03. The van der Waals surface area contributed by atoms with Crippen LogP contribution in [0.4, 0.5) is 15.8 Å². The topological polar surface area (TPSA) is 29.3 Å². The summed E-state index contributed by atoms with van der Waals surface area (Å²) < 4.78 is 13.9. The number of hydrogen-bond donors (Lipinski definition) is 1. The van der Waals surface area contributed by atoms with Crippen LogP contribution in [0, 0.1) is 19.7 Å². The van der Waals surface area contributed by atoms with E-state index in [0.29, 0.717) is 12.1 Å². The number of nitrogens with two attached hydrogens (primary N) is 1. The van der Waals surface area contributed by atoms with E-state index < -0.39 is 0 Å². The summed E-state index contributed by atoms with van der Waals surface area (Å²) in [5.74, 6) is -0.320. The number of aryl methyl sites for hydroxylation is 2. The number of rotatable bonds is 3. The van der Waals surface area contributed by atoms with E-state index >= 15 is 0 Å². The maximum Gasteiger partial charge on any atom is 0.151 e. The van der Waals surface area contributed by atoms with Crippen molar-refractivity contribution in [3.05, 3.63) is 58.9 Å². The Morgan fingerprint density at radius 3 is 2.58 bits per heavy atom. The van der Waals surface area contributed by atoms with E-state index in [0.717, 1.165) is 5.69 Å². The number of anilines is 2. The lowest BCUT2D eigenvalue weighted by Crippen LogP contribution is -2.18. The maximum absolute atomic E-state index is 13.9. The zero-order valence-electron chi connectivity index (χ0n) is 11.6. The fourth-order valence-corrected chi connectivity index (χ4v) is 2.30. The predicted molar refractivity (Wildman–Crippen MR) is 78.8 cm³/mol. The molecule has 0 unspecified atom stereocenters. The van der Waals surface area contributed by atoms with Gasteiger partial charge in [-0.1, -0.05) is 29.8 Å². The molecule has 0 saturated carbocycles. The summed E-state index contributed by atoms with van der Waals surface area (Å²) in [5.41, 5.74) is 9.92. The third-order valence-corrected chi connectivity index (χ3v) is 3.28. The number of nitrogen functional groups attached to an aromatic ring is 1. The molecule has 3 heteroatoms. The largest absolute Gasteiger partial charge is 0.396 e. The van der Waals surface area contributed by atoms with Crippen molar-refractivity contribution < 1.29 is 4.39 Å². The molecule has 0 bridgehead atoms. The first-order valence-corrected chi connectivity index (χ1v) is 6.30. The Labute approximate surface area is 113 Å². The average molecular weight is 258 g/mol. The van der Waals surface area contributed by atoms with Crippen LogP contribution in [0.25, 0.3) is 0 Å². The lowest BCUT2D eigenvalue weighted by atomic mass is 10.1. The normalized spacial score (nSPS) is 10.5. The summed E-state index contributed by atoms with van der Waals surface area (Å²) in [5, 5.41) is 0. The first-order valence-electron chi connectivity index (χ1n) is 6.30. The predicted octanol–water partition coefficient (Wildman–Crippen LogP) is 3.66. The molecular formula is C16H19FN2. The van der Waals surface area contributed by atoms with E-state index in [4.69, 9.17) is 5.73 Å². The molecule has 0 atom stereocenters. The number of nitrogens with zero attached hydrogens (tertiary/aromatic N) is 1. The van der Waals surface area contributed by atoms with Gasteiger partial charge in [-0.05, 0) is 31.5 Å². The molecule has 0 fully saturated rings. The highest BCUT2D eigenvalue weighted by Gasteiger charge is 2.10. The molecule has 0 aliphatic heterocycles. The molecular weight excluding hydrogens is 239 g/mol. The van der Waals surface area contributed by atoms with Gasteiger partial charge in [0.2, 0.25) is 0 Å². The maximum atomic E-state index is 13.9. The summed E-state index contributed by atoms with van der Waals surface area (Å²) in [6.07, 6.45) is 0. The monoisotopic (exact) mass is 258 g/mol. The van der Waals surface area contributed by atoms with Crippen molar-refractivity contribution in [3.63, 3.8) is 0 Å². The summed E-state index contributed by atoms with van der Waals surface area (Å²) in [4.78, 5) is 2.03. The summed E-state index contributed by atoms with van der Waals surface area (Å²) >= 11 is 0. The van der Waals surface area contributed by atoms with E-state index in [9.17, 15) is 4.39 Å². The van der Waals surface area contributed by atoms with Crippen LogP contribution in [0.15, 0.2) is 36.4 Å². The Morgan fingerprint density at radius 2 is 1.89 bits per heavy atom. The van der Waals surface area contributed by atoms with Gasteiger partial charge in [0.05, 0.1) is 5.69 Å². The summed E-state index contributed by atoms with van der Waals surface area (Å²) in [6.45, 7) is 4.63. The van der Waals surface area contributed by atoms with Gasteiger partial charge in [0, 0.05) is 24.8 Å². The SMILES string of the molecule is Cc1ccc(N(C)Cc2cccc(N)c2F)c(C)c1. The van der Waals surface area contributed by atoms with Gasteiger partial charge in [0.15, 0.2) is 5.82 Å². The number of halogens is 1. The molecule has 0 aromatic heterocycles. The highest BCUT2D eigenvalue weighted by molar-refractivity contribution is 5.54. The molecule has 2 aromatic carbocycles. The minimum Gasteiger partial charge on any atom is -0.396 e. The van der Waals surface area contributed by atoms with Crippen molar-refractivity contribution in [3.8, 4) is 0 Å². The molecule has 0 spiro atoms. The third-order valence-electron chi connectivity index (χ3n) is 3.28. The zero-order chi connectivity index (χ0) is 14.0. The molecule has 19 heavy (non-hydrogen) atoms. The van der Waals surface area contributed by atoms with Crippen molar-refractivity contribution in [2.75, 3.05) is 17.7 Å². The smallest absolute Gasteiger partial charge is 0.151 e. The summed E-state index contributed by atoms with van der Waals surface area (Å²) in [6, 6.07) is 11.4. The van der Waals surface area contributed by atoms with Crippen molar-refractivity contribution >= 4 is 11.4 Å². The van der Waals surface area contributed by atoms with E-state index in [2.05, 4.69) is 32.0 Å². The van der Waals surface area contributed by atoms with Crippen LogP contribution in [-0.2, 0) is 6.54 Å². The van der Waals surface area contributed by atoms with Crippen LogP contribution >= 0.6 is 0 Å². The second-order valence-electron chi connectivity index (χ2n) is 4.97. The summed E-state index contributed by atoms with van der Waals surface area (Å²) in [7, 11) is 1.96. The van der Waals surface area contributed by atoms with Crippen molar-refractivity contribution in [2.45, 2.75) is 20.4 Å². The molecule has 0 radical (unpaired) electrons. The minimum atomic E-state index is -0.320. The van der Waals surface area contributed by atoms with Crippen LogP contribution in [0.5, 0.6) is 0 Å². The van der Waals surface area contributed by atoms with Gasteiger partial charge in [0.1, 0.15) is 0 Å². The lowest BCUT2D eigenvalue weighted by Gasteiger charge is -2.22. The van der Waals surface area contributed by atoms with Gasteiger partial charge in [0.25, 0.3) is 0 Å². The van der Waals surface area contributed by atoms with E-state index in [1.54, 1.807) is 18.2 Å². The van der Waals surface area contributed by atoms with Gasteiger partial charge in [-0.2, -0.15) is 0 Å². The minimum absolute atomic E-state index is 0.200. The highest BCUT2D eigenvalue weighted by atomic mass is 19.1. The molecule has 100 valence electrons. The van der Waals surface area contributed by atoms with Gasteiger partial charge in [-0.25, -0.2) is 4.39 Å². The van der Waals surface area contributed by atoms with Crippen molar-refractivity contribution in [2.24, 2.45) is 0 Å². The van der Waals surface area contributed by atoms with Gasteiger partial charge in [-0.3, -0.25) is 0 Å². The molecule has 2 rings (SSSR count). The Bertz CT molecular complexity index is 593. The van der Waals surface area contributed by atoms with Crippen LogP contribution in [0.1, 0.15) is 16.7 Å². The van der Waals surface area contributed by atoms with Crippen LogP contribution in [0.2, 0.25) is 0 Å². The molecule has 0 amide bonds. The zero-order valence-corrected chi connectivity index (χ0v) is 11.6. The molecule has 0 heterocycles. The molecule has 0 aliphatic carbocycles. The number of hydrogen-bond acceptors (Lipinski definition) is 2. The third kappa shape index (κ3) is 2.87. The fourth-order valence-electron chi connectivity index (χ4n) is 2.30. The second-order valence-corrected chi connectivity index (χ2v) is 4.97. The van der Waals surface area contributed by atoms with Gasteiger partial charge in [-0.15, -0.1) is 0 Å². The highest BCUT2D eigenvalue weighted by Crippen LogP contribution is 2.23. The molecule has 0 saturated heterocycles. The van der Waals surface area contributed by atoms with E-state index in [1.807, 2.05) is 11.9 Å². The van der Waals surface area contributed by atoms with Crippen molar-refractivity contribution in [1.82, 2.24) is 0 Å². The number of benzene rings is 2. The van der Waals surface area contributed by atoms with Crippen molar-refractivity contribution in [1.29, 1.82) is 0 Å². The van der Waals surface area contributed by atoms with Crippen LogP contribution in [-0.4, -0.2) is 7.05 Å². The average Bonchev–Trinajstić information content (AvgIpc) is 2.34. The Kier molecular flexibility index (Phi) is 3.74. The van der Waals surface area contributed by atoms with E-state index in [1.165, 1.54) is 11.1 Å². The molecule has 0 aliphatic rings. The van der Waals surface area contributed by atoms with Crippen LogP contribution < -0.4 is 10.6 Å². The first-order chi connectivity index (χ1) is 8.99. The lowest BCUT2D eigenvalue weighted by molar-refractivity contribution is 0.612. The Balaban J connectivity index is 2.25. The fraction of sp³-hybridized carbons (Fsp3) is 0.250. The first kappa shape index (κ1) is 13.4. The van der Waals surface area contributed by atoms with Gasteiger partial charge >= 0.3 is 0 Å². The van der Waals surface area contributed by atoms with Crippen LogP contribution in [0.3, 0.4) is 0 Å². The molecule has 2 N–H and O–H groups in total. The quantitative estimate of drug-likeness (QED) is 0.851. The second kappa shape index (κ2) is 5.31. The molecule has 2 nitrogen and oxygen atoms in total. The Morgan fingerprint density at radius 1 is 1.16 bits per heavy atom. The van der Waals surface area contributed by atoms with Gasteiger partial charge < -0.3 is 10.6 Å².